The average molecular weight is 351 g/mol. The molecule has 0 saturated carbocycles. The third-order valence-electron chi connectivity index (χ3n) is 4.37. The molecule has 0 bridgehead atoms. The maximum Gasteiger partial charge on any atom is 0.408 e. The van der Waals surface area contributed by atoms with E-state index in [2.05, 4.69) is 30.2 Å². The van der Waals surface area contributed by atoms with E-state index < -0.39 is 6.09 Å². The summed E-state index contributed by atoms with van der Waals surface area (Å²) < 4.78 is 5.38. The summed E-state index contributed by atoms with van der Waals surface area (Å²) in [5, 5.41) is 12.8. The molecule has 1 atom stereocenters. The van der Waals surface area contributed by atoms with Gasteiger partial charge in [-0.05, 0) is 13.0 Å². The Hall–Kier alpha value is -3.41. The topological polar surface area (TPSA) is 120 Å². The molecule has 9 nitrogen and oxygen atoms in total. The molecule has 1 fully saturated rings. The second-order valence-corrected chi connectivity index (χ2v) is 6.13. The first-order chi connectivity index (χ1) is 12.7. The van der Waals surface area contributed by atoms with Crippen molar-refractivity contribution in [2.75, 3.05) is 24.5 Å². The van der Waals surface area contributed by atoms with Gasteiger partial charge in [-0.3, -0.25) is 0 Å². The van der Waals surface area contributed by atoms with Gasteiger partial charge in [0.15, 0.2) is 0 Å². The van der Waals surface area contributed by atoms with E-state index in [-0.39, 0.29) is 12.6 Å². The number of carbonyl (C=O) groups is 1. The lowest BCUT2D eigenvalue weighted by Crippen LogP contribution is -2.31. The number of pyridine rings is 1. The summed E-state index contributed by atoms with van der Waals surface area (Å²) in [5.74, 6) is 1.49. The zero-order valence-electron chi connectivity index (χ0n) is 14.2. The van der Waals surface area contributed by atoms with Gasteiger partial charge in [-0.25, -0.2) is 19.7 Å². The largest absolute Gasteiger partial charge is 0.444 e. The summed E-state index contributed by atoms with van der Waals surface area (Å²) in [6, 6.07) is 3.82. The van der Waals surface area contributed by atoms with Crippen LogP contribution in [0.5, 0.6) is 0 Å². The van der Waals surface area contributed by atoms with Gasteiger partial charge in [0.1, 0.15) is 29.9 Å². The first kappa shape index (κ1) is 16.1. The standard InChI is InChI=1S/C17H17N7O2/c1-10-22-13-8-21-15-12(2-5-19-15)14(13)16(23-10)24-7-3-11(9-24)26-17(25)20-6-4-18/h2,5,8,11H,3,6-7,9H2,1H3,(H,19,21)(H,20,25). The number of ether oxygens (including phenoxy) is 1. The number of amides is 1. The Morgan fingerprint density at radius 3 is 3.27 bits per heavy atom. The highest BCUT2D eigenvalue weighted by Gasteiger charge is 2.28. The van der Waals surface area contributed by atoms with E-state index in [1.165, 1.54) is 0 Å². The quantitative estimate of drug-likeness (QED) is 0.688. The number of hydrogen-bond acceptors (Lipinski definition) is 7. The second kappa shape index (κ2) is 6.48. The number of rotatable bonds is 3. The van der Waals surface area contributed by atoms with Crippen molar-refractivity contribution in [2.45, 2.75) is 19.4 Å². The molecule has 1 amide bonds. The Morgan fingerprint density at radius 2 is 2.42 bits per heavy atom. The molecular weight excluding hydrogens is 334 g/mol. The van der Waals surface area contributed by atoms with Crippen LogP contribution in [-0.4, -0.2) is 51.8 Å². The van der Waals surface area contributed by atoms with Crippen LogP contribution in [0.4, 0.5) is 10.6 Å². The van der Waals surface area contributed by atoms with Crippen LogP contribution in [0.1, 0.15) is 12.2 Å². The number of aryl methyl sites for hydroxylation is 1. The van der Waals surface area contributed by atoms with Gasteiger partial charge in [0.25, 0.3) is 0 Å². The van der Waals surface area contributed by atoms with Crippen molar-refractivity contribution >= 4 is 33.8 Å². The highest BCUT2D eigenvalue weighted by Crippen LogP contribution is 2.32. The van der Waals surface area contributed by atoms with Crippen molar-refractivity contribution in [3.63, 3.8) is 0 Å². The molecule has 132 valence electrons. The average Bonchev–Trinajstić information content (AvgIpc) is 3.28. The fourth-order valence-electron chi connectivity index (χ4n) is 3.28. The second-order valence-electron chi connectivity index (χ2n) is 6.13. The number of anilines is 1. The molecule has 4 heterocycles. The Balaban J connectivity index is 1.64. The third-order valence-corrected chi connectivity index (χ3v) is 4.37. The molecule has 1 saturated heterocycles. The lowest BCUT2D eigenvalue weighted by atomic mass is 10.2. The minimum atomic E-state index is -0.570. The fraction of sp³-hybridized carbons (Fsp3) is 0.353. The van der Waals surface area contributed by atoms with Crippen molar-refractivity contribution in [1.82, 2.24) is 25.3 Å². The van der Waals surface area contributed by atoms with Gasteiger partial charge < -0.3 is 19.9 Å². The molecule has 2 N–H and O–H groups in total. The predicted octanol–water partition coefficient (Wildman–Crippen LogP) is 1.64. The highest BCUT2D eigenvalue weighted by molar-refractivity contribution is 6.09. The van der Waals surface area contributed by atoms with Crippen LogP contribution < -0.4 is 10.2 Å². The summed E-state index contributed by atoms with van der Waals surface area (Å²) in [7, 11) is 0. The Labute approximate surface area is 149 Å². The molecule has 0 radical (unpaired) electrons. The lowest BCUT2D eigenvalue weighted by Gasteiger charge is -2.20. The van der Waals surface area contributed by atoms with Gasteiger partial charge in [-0.1, -0.05) is 0 Å². The molecule has 3 aromatic rings. The van der Waals surface area contributed by atoms with Gasteiger partial charge in [-0.15, -0.1) is 0 Å². The van der Waals surface area contributed by atoms with E-state index >= 15 is 0 Å². The predicted molar refractivity (Wildman–Crippen MR) is 94.6 cm³/mol. The van der Waals surface area contributed by atoms with Crippen molar-refractivity contribution in [1.29, 1.82) is 5.26 Å². The number of aromatic amines is 1. The number of carbonyl (C=O) groups excluding carboxylic acids is 1. The van der Waals surface area contributed by atoms with Gasteiger partial charge in [-0.2, -0.15) is 5.26 Å². The maximum absolute atomic E-state index is 11.7. The van der Waals surface area contributed by atoms with Gasteiger partial charge in [0, 0.05) is 24.5 Å². The van der Waals surface area contributed by atoms with E-state index in [0.717, 1.165) is 34.3 Å². The van der Waals surface area contributed by atoms with Crippen LogP contribution >= 0.6 is 0 Å². The molecule has 3 aromatic heterocycles. The van der Waals surface area contributed by atoms with E-state index in [9.17, 15) is 4.79 Å². The minimum Gasteiger partial charge on any atom is -0.444 e. The van der Waals surface area contributed by atoms with Crippen LogP contribution in [-0.2, 0) is 4.74 Å². The molecule has 0 aromatic carbocycles. The summed E-state index contributed by atoms with van der Waals surface area (Å²) in [6.45, 7) is 3.04. The van der Waals surface area contributed by atoms with Crippen LogP contribution in [0.25, 0.3) is 21.9 Å². The molecule has 0 spiro atoms. The Bertz CT molecular complexity index is 1020. The minimum absolute atomic E-state index is 0.0660. The summed E-state index contributed by atoms with van der Waals surface area (Å²) in [4.78, 5) is 30.4. The normalized spacial score (nSPS) is 16.8. The first-order valence-electron chi connectivity index (χ1n) is 8.32. The lowest BCUT2D eigenvalue weighted by molar-refractivity contribution is 0.109. The number of alkyl carbamates (subject to hydrolysis) is 1. The molecule has 1 unspecified atom stereocenters. The Kier molecular flexibility index (Phi) is 4.01. The molecule has 0 aliphatic carbocycles. The highest BCUT2D eigenvalue weighted by atomic mass is 16.6. The SMILES string of the molecule is Cc1nc(N2CCC(OC(=O)NCC#N)C2)c2c(cnc3[nH]ccc32)n1. The zero-order valence-corrected chi connectivity index (χ0v) is 14.2. The zero-order chi connectivity index (χ0) is 18.1. The van der Waals surface area contributed by atoms with Crippen molar-refractivity contribution < 1.29 is 9.53 Å². The van der Waals surface area contributed by atoms with Crippen LogP contribution in [0.15, 0.2) is 18.5 Å². The smallest absolute Gasteiger partial charge is 0.408 e. The number of nitriles is 1. The summed E-state index contributed by atoms with van der Waals surface area (Å²) in [6.07, 6.45) is 3.47. The van der Waals surface area contributed by atoms with E-state index in [1.807, 2.05) is 25.3 Å². The van der Waals surface area contributed by atoms with Gasteiger partial charge in [0.2, 0.25) is 0 Å². The van der Waals surface area contributed by atoms with Crippen molar-refractivity contribution in [3.8, 4) is 6.07 Å². The van der Waals surface area contributed by atoms with Gasteiger partial charge >= 0.3 is 6.09 Å². The molecular formula is C17H17N7O2. The summed E-state index contributed by atoms with van der Waals surface area (Å²) in [5.41, 5.74) is 1.57. The van der Waals surface area contributed by atoms with Crippen LogP contribution in [0, 0.1) is 18.3 Å². The van der Waals surface area contributed by atoms with E-state index in [1.54, 1.807) is 6.20 Å². The number of nitrogens with zero attached hydrogens (tertiary/aromatic N) is 5. The van der Waals surface area contributed by atoms with Crippen LogP contribution in [0.3, 0.4) is 0 Å². The number of nitrogens with one attached hydrogen (secondary N) is 2. The monoisotopic (exact) mass is 351 g/mol. The molecule has 9 heteroatoms. The van der Waals surface area contributed by atoms with Crippen molar-refractivity contribution in [3.05, 3.63) is 24.3 Å². The number of aromatic nitrogens is 4. The maximum atomic E-state index is 11.7. The van der Waals surface area contributed by atoms with E-state index in [0.29, 0.717) is 18.8 Å². The van der Waals surface area contributed by atoms with Gasteiger partial charge in [0.05, 0.1) is 29.7 Å². The molecule has 26 heavy (non-hydrogen) atoms. The summed E-state index contributed by atoms with van der Waals surface area (Å²) >= 11 is 0. The van der Waals surface area contributed by atoms with Crippen molar-refractivity contribution in [2.24, 2.45) is 0 Å². The first-order valence-corrected chi connectivity index (χ1v) is 8.32. The molecule has 4 rings (SSSR count). The number of H-pyrrole nitrogens is 1. The third kappa shape index (κ3) is 2.86. The number of fused-ring (bicyclic) bond motifs is 3. The van der Waals surface area contributed by atoms with E-state index in [4.69, 9.17) is 10.00 Å². The molecule has 1 aliphatic rings. The van der Waals surface area contributed by atoms with Crippen LogP contribution in [0.2, 0.25) is 0 Å². The number of hydrogen-bond donors (Lipinski definition) is 2. The Morgan fingerprint density at radius 1 is 1.54 bits per heavy atom. The fourth-order valence-corrected chi connectivity index (χ4v) is 3.28. The molecule has 1 aliphatic heterocycles.